The summed E-state index contributed by atoms with van der Waals surface area (Å²) in [5.41, 5.74) is 9.03. The second-order valence-electron chi connectivity index (χ2n) is 7.08. The average Bonchev–Trinajstić information content (AvgIpc) is 2.44. The summed E-state index contributed by atoms with van der Waals surface area (Å²) in [6.07, 6.45) is 2.72. The van der Waals surface area contributed by atoms with E-state index in [2.05, 4.69) is 29.9 Å². The highest BCUT2D eigenvalue weighted by Gasteiger charge is 2.16. The van der Waals surface area contributed by atoms with E-state index in [1.54, 1.807) is 6.20 Å². The minimum absolute atomic E-state index is 0.160. The van der Waals surface area contributed by atoms with Crippen molar-refractivity contribution >= 4 is 0 Å². The zero-order valence-electron chi connectivity index (χ0n) is 14.8. The van der Waals surface area contributed by atoms with Gasteiger partial charge in [0, 0.05) is 17.3 Å². The highest BCUT2D eigenvalue weighted by Crippen LogP contribution is 2.26. The van der Waals surface area contributed by atoms with Gasteiger partial charge in [0.25, 0.3) is 0 Å². The van der Waals surface area contributed by atoms with Crippen LogP contribution < -0.4 is 10.5 Å². The Morgan fingerprint density at radius 3 is 2.57 bits per heavy atom. The molecule has 0 aliphatic rings. The van der Waals surface area contributed by atoms with E-state index < -0.39 is 0 Å². The lowest BCUT2D eigenvalue weighted by atomic mass is 9.93. The molecule has 2 rings (SSSR count). The maximum atomic E-state index is 6.06. The van der Waals surface area contributed by atoms with E-state index in [1.165, 1.54) is 0 Å². The minimum atomic E-state index is -0.160. The molecule has 0 radical (unpaired) electrons. The number of nitrogens with zero attached hydrogens (tertiary/aromatic N) is 2. The van der Waals surface area contributed by atoms with Crippen molar-refractivity contribution in [1.82, 2.24) is 9.97 Å². The van der Waals surface area contributed by atoms with Crippen LogP contribution in [0.2, 0.25) is 0 Å². The molecule has 1 atom stereocenters. The zero-order chi connectivity index (χ0) is 17.0. The molecule has 2 aromatic rings. The first-order chi connectivity index (χ1) is 10.7. The maximum absolute atomic E-state index is 6.06. The summed E-state index contributed by atoms with van der Waals surface area (Å²) in [6, 6.07) is 8.09. The van der Waals surface area contributed by atoms with Crippen molar-refractivity contribution in [3.05, 3.63) is 41.9 Å². The highest BCUT2D eigenvalue weighted by molar-refractivity contribution is 5.61. The van der Waals surface area contributed by atoms with E-state index in [-0.39, 0.29) is 5.54 Å². The number of hydrogen-bond acceptors (Lipinski definition) is 4. The molecule has 0 bridgehead atoms. The first-order valence-corrected chi connectivity index (χ1v) is 8.07. The van der Waals surface area contributed by atoms with Gasteiger partial charge in [-0.1, -0.05) is 6.92 Å². The predicted molar refractivity (Wildman–Crippen MR) is 94.5 cm³/mol. The van der Waals surface area contributed by atoms with Gasteiger partial charge in [-0.05, 0) is 69.9 Å². The lowest BCUT2D eigenvalue weighted by molar-refractivity contribution is 0.228. The zero-order valence-corrected chi connectivity index (χ0v) is 14.8. The van der Waals surface area contributed by atoms with E-state index in [9.17, 15) is 0 Å². The predicted octanol–water partition coefficient (Wildman–Crippen LogP) is 3.90. The highest BCUT2D eigenvalue weighted by atomic mass is 16.5. The van der Waals surface area contributed by atoms with Crippen molar-refractivity contribution in [2.75, 3.05) is 6.61 Å². The summed E-state index contributed by atoms with van der Waals surface area (Å²) in [5.74, 6) is 2.11. The third-order valence-electron chi connectivity index (χ3n) is 3.64. The Morgan fingerprint density at radius 1 is 1.22 bits per heavy atom. The molecule has 1 aromatic heterocycles. The number of rotatable bonds is 6. The fraction of sp³-hybridized carbons (Fsp3) is 0.474. The standard InChI is InChI=1S/C19H27N3O/c1-13(11-19(4,5)20)12-23-18-7-6-16(10-14(18)2)17-8-9-21-15(3)22-17/h6-10,13H,11-12,20H2,1-5H3/t13-/m0/s1. The Morgan fingerprint density at radius 2 is 1.96 bits per heavy atom. The van der Waals surface area contributed by atoms with Crippen LogP contribution in [-0.2, 0) is 0 Å². The van der Waals surface area contributed by atoms with Gasteiger partial charge in [0.2, 0.25) is 0 Å². The van der Waals surface area contributed by atoms with Gasteiger partial charge in [0.1, 0.15) is 11.6 Å². The molecule has 4 nitrogen and oxygen atoms in total. The molecular formula is C19H27N3O. The normalized spacial score (nSPS) is 13.0. The second-order valence-corrected chi connectivity index (χ2v) is 7.08. The summed E-state index contributed by atoms with van der Waals surface area (Å²) in [7, 11) is 0. The Labute approximate surface area is 139 Å². The van der Waals surface area contributed by atoms with Crippen LogP contribution in [0.5, 0.6) is 5.75 Å². The number of aryl methyl sites for hydroxylation is 2. The summed E-state index contributed by atoms with van der Waals surface area (Å²) >= 11 is 0. The van der Waals surface area contributed by atoms with Gasteiger partial charge < -0.3 is 10.5 Å². The number of hydrogen-bond donors (Lipinski definition) is 1. The SMILES string of the molecule is Cc1nccc(-c2ccc(OC[C@@H](C)CC(C)(C)N)c(C)c2)n1. The van der Waals surface area contributed by atoms with E-state index in [0.717, 1.165) is 34.8 Å². The van der Waals surface area contributed by atoms with Crippen LogP contribution in [0.25, 0.3) is 11.3 Å². The Bertz CT molecular complexity index is 662. The van der Waals surface area contributed by atoms with Gasteiger partial charge in [-0.25, -0.2) is 9.97 Å². The Hall–Kier alpha value is -1.94. The minimum Gasteiger partial charge on any atom is -0.493 e. The van der Waals surface area contributed by atoms with Gasteiger partial charge >= 0.3 is 0 Å². The summed E-state index contributed by atoms with van der Waals surface area (Å²) in [6.45, 7) is 10.9. The third-order valence-corrected chi connectivity index (χ3v) is 3.64. The molecule has 0 saturated heterocycles. The quantitative estimate of drug-likeness (QED) is 0.878. The number of benzene rings is 1. The molecule has 0 aliphatic carbocycles. The number of ether oxygens (including phenoxy) is 1. The van der Waals surface area contributed by atoms with Crippen LogP contribution in [-0.4, -0.2) is 22.1 Å². The van der Waals surface area contributed by atoms with Crippen LogP contribution in [0.4, 0.5) is 0 Å². The molecular weight excluding hydrogens is 286 g/mol. The molecule has 23 heavy (non-hydrogen) atoms. The lowest BCUT2D eigenvalue weighted by Crippen LogP contribution is -2.35. The molecule has 124 valence electrons. The van der Waals surface area contributed by atoms with Crippen molar-refractivity contribution in [3.8, 4) is 17.0 Å². The fourth-order valence-corrected chi connectivity index (χ4v) is 2.78. The first-order valence-electron chi connectivity index (χ1n) is 8.07. The van der Waals surface area contributed by atoms with E-state index in [4.69, 9.17) is 10.5 Å². The van der Waals surface area contributed by atoms with Crippen LogP contribution in [0, 0.1) is 19.8 Å². The van der Waals surface area contributed by atoms with E-state index in [1.807, 2.05) is 39.0 Å². The number of nitrogens with two attached hydrogens (primary N) is 1. The summed E-state index contributed by atoms with van der Waals surface area (Å²) < 4.78 is 5.97. The third kappa shape index (κ3) is 5.32. The van der Waals surface area contributed by atoms with E-state index in [0.29, 0.717) is 12.5 Å². The molecule has 0 spiro atoms. The average molecular weight is 313 g/mol. The molecule has 0 aliphatic heterocycles. The van der Waals surface area contributed by atoms with Crippen molar-refractivity contribution in [3.63, 3.8) is 0 Å². The molecule has 2 N–H and O–H groups in total. The topological polar surface area (TPSA) is 61.0 Å². The van der Waals surface area contributed by atoms with Gasteiger partial charge in [-0.2, -0.15) is 0 Å². The van der Waals surface area contributed by atoms with Gasteiger partial charge in [-0.3, -0.25) is 0 Å². The monoisotopic (exact) mass is 313 g/mol. The second kappa shape index (κ2) is 7.09. The maximum Gasteiger partial charge on any atom is 0.125 e. The molecule has 0 fully saturated rings. The first kappa shape index (κ1) is 17.4. The smallest absolute Gasteiger partial charge is 0.125 e. The van der Waals surface area contributed by atoms with Crippen LogP contribution in [0.1, 0.15) is 38.6 Å². The van der Waals surface area contributed by atoms with Gasteiger partial charge in [0.05, 0.1) is 12.3 Å². The number of aromatic nitrogens is 2. The van der Waals surface area contributed by atoms with E-state index >= 15 is 0 Å². The van der Waals surface area contributed by atoms with Crippen LogP contribution in [0.15, 0.2) is 30.5 Å². The van der Waals surface area contributed by atoms with Crippen molar-refractivity contribution in [2.24, 2.45) is 11.7 Å². The van der Waals surface area contributed by atoms with Gasteiger partial charge in [0.15, 0.2) is 0 Å². The Balaban J connectivity index is 2.05. The Kier molecular flexibility index (Phi) is 5.37. The molecule has 4 heteroatoms. The molecule has 1 aromatic carbocycles. The fourth-order valence-electron chi connectivity index (χ4n) is 2.78. The van der Waals surface area contributed by atoms with Crippen LogP contribution >= 0.6 is 0 Å². The summed E-state index contributed by atoms with van der Waals surface area (Å²) in [5, 5.41) is 0. The van der Waals surface area contributed by atoms with Crippen LogP contribution in [0.3, 0.4) is 0 Å². The molecule has 0 amide bonds. The van der Waals surface area contributed by atoms with Gasteiger partial charge in [-0.15, -0.1) is 0 Å². The lowest BCUT2D eigenvalue weighted by Gasteiger charge is -2.23. The molecule has 0 unspecified atom stereocenters. The largest absolute Gasteiger partial charge is 0.493 e. The van der Waals surface area contributed by atoms with Crippen molar-refractivity contribution in [2.45, 2.75) is 46.6 Å². The molecule has 1 heterocycles. The summed E-state index contributed by atoms with van der Waals surface area (Å²) in [4.78, 5) is 8.60. The molecule has 0 saturated carbocycles. The van der Waals surface area contributed by atoms with Crippen molar-refractivity contribution in [1.29, 1.82) is 0 Å². The van der Waals surface area contributed by atoms with Crippen molar-refractivity contribution < 1.29 is 4.74 Å².